The van der Waals surface area contributed by atoms with Gasteiger partial charge in [-0.15, -0.1) is 0 Å². The van der Waals surface area contributed by atoms with E-state index in [4.69, 9.17) is 0 Å². The van der Waals surface area contributed by atoms with Gasteiger partial charge in [-0.1, -0.05) is 12.1 Å². The molecule has 0 saturated carbocycles. The number of carbonyl (C=O) groups is 1. The molecular formula is C16H15N3O5S. The Morgan fingerprint density at radius 1 is 1.24 bits per heavy atom. The molecule has 25 heavy (non-hydrogen) atoms. The Morgan fingerprint density at radius 2 is 2.00 bits per heavy atom. The fraction of sp³-hybridized carbons (Fsp3) is 0.188. The molecule has 8 nitrogen and oxygen atoms in total. The molecule has 1 N–H and O–H groups in total. The Bertz CT molecular complexity index is 971. The fourth-order valence-corrected chi connectivity index (χ4v) is 3.84. The van der Waals surface area contributed by atoms with Crippen LogP contribution >= 0.6 is 0 Å². The number of non-ortho nitro benzene ring substituents is 1. The summed E-state index contributed by atoms with van der Waals surface area (Å²) in [5, 5.41) is 10.8. The van der Waals surface area contributed by atoms with E-state index in [0.717, 1.165) is 11.6 Å². The van der Waals surface area contributed by atoms with Crippen molar-refractivity contribution in [2.24, 2.45) is 0 Å². The van der Waals surface area contributed by atoms with Crippen LogP contribution in [0.25, 0.3) is 0 Å². The lowest BCUT2D eigenvalue weighted by Gasteiger charge is -2.16. The van der Waals surface area contributed by atoms with Crippen LogP contribution in [-0.4, -0.2) is 25.8 Å². The first-order valence-corrected chi connectivity index (χ1v) is 8.94. The van der Waals surface area contributed by atoms with Crippen molar-refractivity contribution in [3.8, 4) is 0 Å². The third-order valence-electron chi connectivity index (χ3n) is 3.95. The molecule has 3 rings (SSSR count). The molecule has 1 heterocycles. The number of amides is 1. The molecule has 0 aliphatic carbocycles. The molecular weight excluding hydrogens is 346 g/mol. The van der Waals surface area contributed by atoms with E-state index in [9.17, 15) is 23.3 Å². The number of benzene rings is 2. The summed E-state index contributed by atoms with van der Waals surface area (Å²) in [7, 11) is -3.98. The van der Waals surface area contributed by atoms with Crippen molar-refractivity contribution in [2.75, 3.05) is 16.2 Å². The molecule has 0 fully saturated rings. The van der Waals surface area contributed by atoms with Crippen LogP contribution < -0.4 is 9.62 Å². The first-order valence-electron chi connectivity index (χ1n) is 7.46. The zero-order valence-corrected chi connectivity index (χ0v) is 14.1. The van der Waals surface area contributed by atoms with Crippen LogP contribution in [0.4, 0.5) is 17.1 Å². The van der Waals surface area contributed by atoms with E-state index in [1.807, 2.05) is 0 Å². The second kappa shape index (κ2) is 6.17. The van der Waals surface area contributed by atoms with Crippen LogP contribution in [-0.2, 0) is 21.2 Å². The molecule has 9 heteroatoms. The van der Waals surface area contributed by atoms with Gasteiger partial charge < -0.3 is 4.90 Å². The van der Waals surface area contributed by atoms with Crippen molar-refractivity contribution in [1.82, 2.24) is 0 Å². The monoisotopic (exact) mass is 361 g/mol. The summed E-state index contributed by atoms with van der Waals surface area (Å²) >= 11 is 0. The summed E-state index contributed by atoms with van der Waals surface area (Å²) in [5.41, 5.74) is 1.62. The quantitative estimate of drug-likeness (QED) is 0.664. The van der Waals surface area contributed by atoms with E-state index in [-0.39, 0.29) is 16.5 Å². The smallest absolute Gasteiger partial charge is 0.270 e. The van der Waals surface area contributed by atoms with Crippen molar-refractivity contribution in [3.05, 3.63) is 58.1 Å². The van der Waals surface area contributed by atoms with E-state index in [0.29, 0.717) is 24.3 Å². The number of fused-ring (bicyclic) bond motifs is 1. The van der Waals surface area contributed by atoms with Gasteiger partial charge in [0.2, 0.25) is 5.91 Å². The van der Waals surface area contributed by atoms with Crippen LogP contribution in [0, 0.1) is 10.1 Å². The van der Waals surface area contributed by atoms with E-state index in [2.05, 4.69) is 4.72 Å². The molecule has 0 atom stereocenters. The minimum absolute atomic E-state index is 0.113. The highest BCUT2D eigenvalue weighted by atomic mass is 32.2. The third-order valence-corrected chi connectivity index (χ3v) is 5.33. The molecule has 130 valence electrons. The van der Waals surface area contributed by atoms with E-state index >= 15 is 0 Å². The van der Waals surface area contributed by atoms with Crippen LogP contribution in [0.2, 0.25) is 0 Å². The topological polar surface area (TPSA) is 110 Å². The predicted octanol–water partition coefficient (Wildman–Crippen LogP) is 2.30. The predicted molar refractivity (Wildman–Crippen MR) is 92.1 cm³/mol. The summed E-state index contributed by atoms with van der Waals surface area (Å²) in [4.78, 5) is 23.2. The second-order valence-electron chi connectivity index (χ2n) is 5.62. The van der Waals surface area contributed by atoms with Crippen molar-refractivity contribution < 1.29 is 18.1 Å². The molecule has 0 unspecified atom stereocenters. The van der Waals surface area contributed by atoms with Gasteiger partial charge in [-0.3, -0.25) is 19.6 Å². The number of hydrogen-bond acceptors (Lipinski definition) is 5. The van der Waals surface area contributed by atoms with Crippen LogP contribution in [0.5, 0.6) is 0 Å². The number of rotatable bonds is 4. The lowest BCUT2D eigenvalue weighted by molar-refractivity contribution is -0.385. The van der Waals surface area contributed by atoms with E-state index in [1.54, 1.807) is 23.1 Å². The zero-order chi connectivity index (χ0) is 18.2. The maximum absolute atomic E-state index is 12.5. The Labute approximate surface area is 144 Å². The molecule has 0 bridgehead atoms. The summed E-state index contributed by atoms with van der Waals surface area (Å²) in [6.45, 7) is 2.01. The number of carbonyl (C=O) groups excluding carboxylic acids is 1. The lowest BCUT2D eigenvalue weighted by Crippen LogP contribution is -2.25. The number of sulfonamides is 1. The van der Waals surface area contributed by atoms with Gasteiger partial charge in [0.1, 0.15) is 0 Å². The standard InChI is InChI=1S/C16H15N3O5S/c1-11(20)18-8-7-12-5-6-13(9-16(12)18)17-25(23,24)15-4-2-3-14(10-15)19(21)22/h2-6,9-10,17H,7-8H2,1H3. The normalized spacial score (nSPS) is 13.4. The van der Waals surface area contributed by atoms with Crippen molar-refractivity contribution >= 4 is 33.0 Å². The Hall–Kier alpha value is -2.94. The van der Waals surface area contributed by atoms with Gasteiger partial charge in [-0.05, 0) is 30.2 Å². The first kappa shape index (κ1) is 16.9. The SMILES string of the molecule is CC(=O)N1CCc2ccc(NS(=O)(=O)c3cccc([N+](=O)[O-])c3)cc21. The molecule has 0 aromatic heterocycles. The van der Waals surface area contributed by atoms with E-state index < -0.39 is 14.9 Å². The molecule has 2 aromatic rings. The molecule has 1 aliphatic heterocycles. The number of nitro benzene ring substituents is 1. The first-order chi connectivity index (χ1) is 11.8. The van der Waals surface area contributed by atoms with Gasteiger partial charge in [-0.2, -0.15) is 0 Å². The average molecular weight is 361 g/mol. The minimum Gasteiger partial charge on any atom is -0.312 e. The number of nitro groups is 1. The number of nitrogens with zero attached hydrogens (tertiary/aromatic N) is 2. The molecule has 0 radical (unpaired) electrons. The molecule has 1 amide bonds. The number of hydrogen-bond donors (Lipinski definition) is 1. The summed E-state index contributed by atoms with van der Waals surface area (Å²) in [6.07, 6.45) is 0.715. The Balaban J connectivity index is 1.92. The fourth-order valence-electron chi connectivity index (χ4n) is 2.75. The number of nitrogens with one attached hydrogen (secondary N) is 1. The van der Waals surface area contributed by atoms with Gasteiger partial charge in [0.15, 0.2) is 0 Å². The largest absolute Gasteiger partial charge is 0.312 e. The zero-order valence-electron chi connectivity index (χ0n) is 13.3. The molecule has 0 saturated heterocycles. The highest BCUT2D eigenvalue weighted by Crippen LogP contribution is 2.32. The van der Waals surface area contributed by atoms with Crippen molar-refractivity contribution in [1.29, 1.82) is 0 Å². The Kier molecular flexibility index (Phi) is 4.17. The summed E-state index contributed by atoms with van der Waals surface area (Å²) in [6, 6.07) is 9.79. The van der Waals surface area contributed by atoms with Gasteiger partial charge in [-0.25, -0.2) is 8.42 Å². The molecule has 1 aliphatic rings. The van der Waals surface area contributed by atoms with Gasteiger partial charge in [0.25, 0.3) is 15.7 Å². The highest BCUT2D eigenvalue weighted by molar-refractivity contribution is 7.92. The average Bonchev–Trinajstić information content (AvgIpc) is 2.98. The minimum atomic E-state index is -3.98. The van der Waals surface area contributed by atoms with Crippen LogP contribution in [0.15, 0.2) is 47.4 Å². The van der Waals surface area contributed by atoms with Gasteiger partial charge in [0.05, 0.1) is 15.5 Å². The van der Waals surface area contributed by atoms with Crippen molar-refractivity contribution in [2.45, 2.75) is 18.2 Å². The molecule has 2 aromatic carbocycles. The number of anilines is 2. The maximum atomic E-state index is 12.5. The second-order valence-corrected chi connectivity index (χ2v) is 7.31. The third kappa shape index (κ3) is 3.31. The van der Waals surface area contributed by atoms with Gasteiger partial charge in [0, 0.05) is 31.3 Å². The lowest BCUT2D eigenvalue weighted by atomic mass is 10.1. The highest BCUT2D eigenvalue weighted by Gasteiger charge is 2.24. The Morgan fingerprint density at radius 3 is 2.68 bits per heavy atom. The van der Waals surface area contributed by atoms with E-state index in [1.165, 1.54) is 25.1 Å². The molecule has 0 spiro atoms. The van der Waals surface area contributed by atoms with Crippen LogP contribution in [0.1, 0.15) is 12.5 Å². The maximum Gasteiger partial charge on any atom is 0.270 e. The summed E-state index contributed by atoms with van der Waals surface area (Å²) in [5.74, 6) is -0.113. The van der Waals surface area contributed by atoms with Crippen molar-refractivity contribution in [3.63, 3.8) is 0 Å². The van der Waals surface area contributed by atoms with Gasteiger partial charge >= 0.3 is 0 Å². The summed E-state index contributed by atoms with van der Waals surface area (Å²) < 4.78 is 27.4. The van der Waals surface area contributed by atoms with Crippen LogP contribution in [0.3, 0.4) is 0 Å².